The molecule has 3 rings (SSSR count). The number of nitrogens with one attached hydrogen (secondary N) is 1. The molecule has 120 valence electrons. The fourth-order valence-electron chi connectivity index (χ4n) is 2.67. The van der Waals surface area contributed by atoms with Gasteiger partial charge in [0.1, 0.15) is 0 Å². The van der Waals surface area contributed by atoms with Gasteiger partial charge in [-0.2, -0.15) is 0 Å². The highest BCUT2D eigenvalue weighted by atomic mass is 35.5. The maximum absolute atomic E-state index is 12.3. The molecule has 3 nitrogen and oxygen atoms in total. The molecule has 1 saturated heterocycles. The van der Waals surface area contributed by atoms with Crippen LogP contribution in [0.25, 0.3) is 0 Å². The standard InChI is InChI=1S/C17H15Cl3N2O/c18-11-3-5-14(19)13(9-11)17(23)21-12-4-6-16(15(20)10-12)22-7-1-2-8-22/h3-6,9-10H,1-2,7-8H2,(H,21,23). The predicted molar refractivity (Wildman–Crippen MR) is 97.3 cm³/mol. The number of benzene rings is 2. The van der Waals surface area contributed by atoms with Gasteiger partial charge in [0, 0.05) is 23.8 Å². The normalized spacial score (nSPS) is 14.1. The van der Waals surface area contributed by atoms with Crippen LogP contribution in [0, 0.1) is 0 Å². The van der Waals surface area contributed by atoms with Gasteiger partial charge in [-0.05, 0) is 49.2 Å². The van der Waals surface area contributed by atoms with Crippen LogP contribution in [0.5, 0.6) is 0 Å². The van der Waals surface area contributed by atoms with E-state index in [1.807, 2.05) is 12.1 Å². The summed E-state index contributed by atoms with van der Waals surface area (Å²) in [6.45, 7) is 2.03. The first-order valence-electron chi connectivity index (χ1n) is 7.35. The van der Waals surface area contributed by atoms with E-state index in [9.17, 15) is 4.79 Å². The summed E-state index contributed by atoms with van der Waals surface area (Å²) in [4.78, 5) is 14.6. The summed E-state index contributed by atoms with van der Waals surface area (Å²) in [7, 11) is 0. The van der Waals surface area contributed by atoms with E-state index in [0.717, 1.165) is 18.8 Å². The molecule has 2 aromatic carbocycles. The van der Waals surface area contributed by atoms with Crippen LogP contribution < -0.4 is 10.2 Å². The number of nitrogens with zero attached hydrogens (tertiary/aromatic N) is 1. The van der Waals surface area contributed by atoms with Crippen molar-refractivity contribution in [2.24, 2.45) is 0 Å². The van der Waals surface area contributed by atoms with Crippen molar-refractivity contribution in [3.05, 3.63) is 57.0 Å². The molecule has 1 aliphatic heterocycles. The SMILES string of the molecule is O=C(Nc1ccc(N2CCCC2)c(Cl)c1)c1cc(Cl)ccc1Cl. The zero-order valence-electron chi connectivity index (χ0n) is 12.3. The fourth-order valence-corrected chi connectivity index (χ4v) is 3.34. The number of hydrogen-bond donors (Lipinski definition) is 1. The molecule has 0 saturated carbocycles. The lowest BCUT2D eigenvalue weighted by Gasteiger charge is -2.19. The average molecular weight is 370 g/mol. The van der Waals surface area contributed by atoms with Crippen LogP contribution in [0.2, 0.25) is 15.1 Å². The number of halogens is 3. The molecule has 1 N–H and O–H groups in total. The van der Waals surface area contributed by atoms with Gasteiger partial charge in [-0.15, -0.1) is 0 Å². The minimum Gasteiger partial charge on any atom is -0.370 e. The highest BCUT2D eigenvalue weighted by Gasteiger charge is 2.16. The summed E-state index contributed by atoms with van der Waals surface area (Å²) in [5.74, 6) is -0.317. The van der Waals surface area contributed by atoms with Crippen molar-refractivity contribution < 1.29 is 4.79 Å². The Morgan fingerprint density at radius 2 is 1.70 bits per heavy atom. The zero-order chi connectivity index (χ0) is 16.4. The molecule has 1 heterocycles. The number of amides is 1. The second-order valence-corrected chi connectivity index (χ2v) is 6.69. The summed E-state index contributed by atoms with van der Waals surface area (Å²) in [6, 6.07) is 10.3. The summed E-state index contributed by atoms with van der Waals surface area (Å²) in [5.41, 5.74) is 1.96. The number of anilines is 2. The largest absolute Gasteiger partial charge is 0.370 e. The van der Waals surface area contributed by atoms with Crippen LogP contribution in [-0.4, -0.2) is 19.0 Å². The first-order valence-corrected chi connectivity index (χ1v) is 8.49. The van der Waals surface area contributed by atoms with Gasteiger partial charge in [-0.25, -0.2) is 0 Å². The van der Waals surface area contributed by atoms with Crippen LogP contribution in [0.4, 0.5) is 11.4 Å². The van der Waals surface area contributed by atoms with Gasteiger partial charge < -0.3 is 10.2 Å². The summed E-state index contributed by atoms with van der Waals surface area (Å²) in [6.07, 6.45) is 2.37. The van der Waals surface area contributed by atoms with Crippen molar-refractivity contribution in [2.45, 2.75) is 12.8 Å². The Bertz CT molecular complexity index is 743. The maximum atomic E-state index is 12.3. The van der Waals surface area contributed by atoms with Gasteiger partial charge in [-0.3, -0.25) is 4.79 Å². The summed E-state index contributed by atoms with van der Waals surface area (Å²) >= 11 is 18.3. The maximum Gasteiger partial charge on any atom is 0.257 e. The first kappa shape index (κ1) is 16.4. The molecule has 0 unspecified atom stereocenters. The Morgan fingerprint density at radius 3 is 2.39 bits per heavy atom. The Kier molecular flexibility index (Phi) is 5.00. The van der Waals surface area contributed by atoms with Crippen molar-refractivity contribution in [1.82, 2.24) is 0 Å². The molecule has 0 spiro atoms. The number of rotatable bonds is 3. The topological polar surface area (TPSA) is 32.3 Å². The highest BCUT2D eigenvalue weighted by molar-refractivity contribution is 6.36. The molecule has 1 aliphatic rings. The predicted octanol–water partition coefficient (Wildman–Crippen LogP) is 5.50. The molecular formula is C17H15Cl3N2O. The quantitative estimate of drug-likeness (QED) is 0.775. The van der Waals surface area contributed by atoms with Crippen LogP contribution >= 0.6 is 34.8 Å². The third kappa shape index (κ3) is 3.74. The lowest BCUT2D eigenvalue weighted by atomic mass is 10.2. The zero-order valence-corrected chi connectivity index (χ0v) is 14.5. The monoisotopic (exact) mass is 368 g/mol. The number of carbonyl (C=O) groups excluding carboxylic acids is 1. The lowest BCUT2D eigenvalue weighted by Crippen LogP contribution is -2.18. The van der Waals surface area contributed by atoms with Gasteiger partial charge in [0.05, 0.1) is 21.3 Å². The fraction of sp³-hybridized carbons (Fsp3) is 0.235. The molecule has 0 aliphatic carbocycles. The Labute approximate surface area is 150 Å². The molecule has 0 bridgehead atoms. The van der Waals surface area contributed by atoms with Crippen molar-refractivity contribution in [3.8, 4) is 0 Å². The molecule has 6 heteroatoms. The van der Waals surface area contributed by atoms with Gasteiger partial charge >= 0.3 is 0 Å². The number of carbonyl (C=O) groups is 1. The van der Waals surface area contributed by atoms with Gasteiger partial charge in [0.15, 0.2) is 0 Å². The van der Waals surface area contributed by atoms with E-state index in [2.05, 4.69) is 10.2 Å². The van der Waals surface area contributed by atoms with E-state index in [4.69, 9.17) is 34.8 Å². The highest BCUT2D eigenvalue weighted by Crippen LogP contribution is 2.31. The van der Waals surface area contributed by atoms with Crippen LogP contribution in [0.3, 0.4) is 0 Å². The van der Waals surface area contributed by atoms with E-state index in [1.54, 1.807) is 24.3 Å². The summed E-state index contributed by atoms with van der Waals surface area (Å²) < 4.78 is 0. The van der Waals surface area contributed by atoms with E-state index >= 15 is 0 Å². The van der Waals surface area contributed by atoms with Gasteiger partial charge in [0.25, 0.3) is 5.91 Å². The average Bonchev–Trinajstić information content (AvgIpc) is 3.04. The third-order valence-electron chi connectivity index (χ3n) is 3.83. The van der Waals surface area contributed by atoms with Crippen LogP contribution in [0.15, 0.2) is 36.4 Å². The van der Waals surface area contributed by atoms with Crippen molar-refractivity contribution in [3.63, 3.8) is 0 Å². The van der Waals surface area contributed by atoms with Gasteiger partial charge in [-0.1, -0.05) is 34.8 Å². The molecule has 0 aromatic heterocycles. The van der Waals surface area contributed by atoms with E-state index in [1.165, 1.54) is 12.8 Å². The minimum atomic E-state index is -0.317. The molecule has 2 aromatic rings. The van der Waals surface area contributed by atoms with E-state index < -0.39 is 0 Å². The molecule has 1 fully saturated rings. The third-order valence-corrected chi connectivity index (χ3v) is 4.69. The van der Waals surface area contributed by atoms with Crippen LogP contribution in [-0.2, 0) is 0 Å². The lowest BCUT2D eigenvalue weighted by molar-refractivity contribution is 0.102. The summed E-state index contributed by atoms with van der Waals surface area (Å²) in [5, 5.41) is 4.24. The van der Waals surface area contributed by atoms with Crippen molar-refractivity contribution >= 4 is 52.1 Å². The molecule has 0 radical (unpaired) electrons. The minimum absolute atomic E-state index is 0.317. The Balaban J connectivity index is 1.78. The molecule has 1 amide bonds. The Hall–Kier alpha value is -1.42. The van der Waals surface area contributed by atoms with Crippen LogP contribution in [0.1, 0.15) is 23.2 Å². The van der Waals surface area contributed by atoms with Gasteiger partial charge in [0.2, 0.25) is 0 Å². The second-order valence-electron chi connectivity index (χ2n) is 5.44. The Morgan fingerprint density at radius 1 is 0.957 bits per heavy atom. The first-order chi connectivity index (χ1) is 11.0. The smallest absolute Gasteiger partial charge is 0.257 e. The molecular weight excluding hydrogens is 355 g/mol. The second kappa shape index (κ2) is 7.00. The number of hydrogen-bond acceptors (Lipinski definition) is 2. The molecule has 23 heavy (non-hydrogen) atoms. The van der Waals surface area contributed by atoms with E-state index in [0.29, 0.717) is 26.3 Å². The molecule has 0 atom stereocenters. The van der Waals surface area contributed by atoms with Crippen molar-refractivity contribution in [2.75, 3.05) is 23.3 Å². The van der Waals surface area contributed by atoms with Crippen molar-refractivity contribution in [1.29, 1.82) is 0 Å². The van der Waals surface area contributed by atoms with E-state index in [-0.39, 0.29) is 5.91 Å².